The van der Waals surface area contributed by atoms with Crippen LogP contribution in [0.2, 0.25) is 5.02 Å². The number of Topliss-reactive ketones (excluding diaryl/α,β-unsaturated/α-hetero) is 1. The monoisotopic (exact) mass is 367 g/mol. The highest BCUT2D eigenvalue weighted by atomic mass is 35.5. The second-order valence-corrected chi connectivity index (χ2v) is 7.44. The first-order valence-electron chi connectivity index (χ1n) is 9.04. The average Bonchev–Trinajstić information content (AvgIpc) is 2.97. The van der Waals surface area contributed by atoms with Gasteiger partial charge in [-0.1, -0.05) is 41.9 Å². The Labute approximate surface area is 158 Å². The van der Waals surface area contributed by atoms with Crippen molar-refractivity contribution in [2.45, 2.75) is 19.4 Å². The zero-order valence-electron chi connectivity index (χ0n) is 14.9. The lowest BCUT2D eigenvalue weighted by atomic mass is 9.89. The minimum Gasteiger partial charge on any atom is -0.330 e. The molecule has 0 saturated carbocycles. The summed E-state index contributed by atoms with van der Waals surface area (Å²) in [4.78, 5) is 19.7. The number of halogens is 1. The number of hydrogen-bond donors (Lipinski definition) is 0. The molecule has 1 aromatic heterocycles. The number of hydrogen-bond acceptors (Lipinski definition) is 3. The maximum absolute atomic E-state index is 12.6. The van der Waals surface area contributed by atoms with Crippen molar-refractivity contribution in [3.8, 4) is 0 Å². The van der Waals surface area contributed by atoms with Crippen molar-refractivity contribution in [3.63, 3.8) is 0 Å². The molecule has 0 spiro atoms. The fourth-order valence-electron chi connectivity index (χ4n) is 3.76. The molecular weight excluding hydrogens is 346 g/mol. The Balaban J connectivity index is 1.41. The quantitative estimate of drug-likeness (QED) is 0.644. The van der Waals surface area contributed by atoms with Crippen LogP contribution in [0, 0.1) is 5.92 Å². The van der Waals surface area contributed by atoms with Crippen LogP contribution in [0.15, 0.2) is 48.5 Å². The zero-order chi connectivity index (χ0) is 18.1. The van der Waals surface area contributed by atoms with Gasteiger partial charge >= 0.3 is 0 Å². The third-order valence-corrected chi connectivity index (χ3v) is 5.55. The SMILES string of the molecule is Cn1c(CN2CCC(C(=O)c3ccccc3)CC2)nc2cc(Cl)ccc21. The van der Waals surface area contributed by atoms with Crippen LogP contribution >= 0.6 is 11.6 Å². The number of fused-ring (bicyclic) bond motifs is 1. The fourth-order valence-corrected chi connectivity index (χ4v) is 3.92. The molecule has 0 aliphatic carbocycles. The lowest BCUT2D eigenvalue weighted by Crippen LogP contribution is -2.36. The third kappa shape index (κ3) is 3.39. The summed E-state index contributed by atoms with van der Waals surface area (Å²) in [7, 11) is 2.05. The number of benzene rings is 2. The molecule has 0 bridgehead atoms. The number of aryl methyl sites for hydroxylation is 1. The predicted molar refractivity (Wildman–Crippen MR) is 104 cm³/mol. The van der Waals surface area contributed by atoms with Gasteiger partial charge in [0.1, 0.15) is 5.82 Å². The van der Waals surface area contributed by atoms with E-state index in [1.807, 2.05) is 55.6 Å². The van der Waals surface area contributed by atoms with E-state index in [-0.39, 0.29) is 11.7 Å². The van der Waals surface area contributed by atoms with Gasteiger partial charge in [-0.2, -0.15) is 0 Å². The molecule has 1 aliphatic heterocycles. The number of aromatic nitrogens is 2. The summed E-state index contributed by atoms with van der Waals surface area (Å²) in [5, 5.41) is 0.711. The van der Waals surface area contributed by atoms with Crippen molar-refractivity contribution >= 4 is 28.4 Å². The molecule has 0 amide bonds. The molecule has 2 heterocycles. The average molecular weight is 368 g/mol. The Morgan fingerprint density at radius 1 is 1.15 bits per heavy atom. The first-order chi connectivity index (χ1) is 12.6. The molecule has 3 aromatic rings. The summed E-state index contributed by atoms with van der Waals surface area (Å²) in [5.74, 6) is 1.45. The van der Waals surface area contributed by atoms with Crippen LogP contribution in [-0.4, -0.2) is 33.3 Å². The maximum Gasteiger partial charge on any atom is 0.166 e. The first-order valence-corrected chi connectivity index (χ1v) is 9.42. The van der Waals surface area contributed by atoms with Gasteiger partial charge in [-0.15, -0.1) is 0 Å². The molecule has 4 nitrogen and oxygen atoms in total. The molecule has 4 rings (SSSR count). The number of carbonyl (C=O) groups is 1. The molecule has 0 N–H and O–H groups in total. The number of imidazole rings is 1. The summed E-state index contributed by atoms with van der Waals surface area (Å²) in [6.07, 6.45) is 1.81. The van der Waals surface area contributed by atoms with Gasteiger partial charge in [0.2, 0.25) is 0 Å². The van der Waals surface area contributed by atoms with E-state index in [0.717, 1.165) is 54.9 Å². The highest BCUT2D eigenvalue weighted by Crippen LogP contribution is 2.24. The van der Waals surface area contributed by atoms with E-state index >= 15 is 0 Å². The van der Waals surface area contributed by atoms with Crippen LogP contribution in [0.25, 0.3) is 11.0 Å². The Kier molecular flexibility index (Phi) is 4.79. The molecule has 1 aliphatic rings. The van der Waals surface area contributed by atoms with Crippen molar-refractivity contribution in [1.29, 1.82) is 0 Å². The molecule has 1 fully saturated rings. The minimum atomic E-state index is 0.132. The van der Waals surface area contributed by atoms with Gasteiger partial charge < -0.3 is 4.57 Å². The second-order valence-electron chi connectivity index (χ2n) is 7.00. The molecule has 26 heavy (non-hydrogen) atoms. The molecule has 134 valence electrons. The van der Waals surface area contributed by atoms with Crippen molar-refractivity contribution in [2.75, 3.05) is 13.1 Å². The van der Waals surface area contributed by atoms with E-state index in [1.54, 1.807) is 0 Å². The smallest absolute Gasteiger partial charge is 0.166 e. The van der Waals surface area contributed by atoms with E-state index in [0.29, 0.717) is 5.02 Å². The van der Waals surface area contributed by atoms with E-state index in [1.165, 1.54) is 0 Å². The van der Waals surface area contributed by atoms with Gasteiger partial charge in [-0.05, 0) is 44.1 Å². The minimum absolute atomic E-state index is 0.132. The van der Waals surface area contributed by atoms with Crippen LogP contribution in [0.5, 0.6) is 0 Å². The largest absolute Gasteiger partial charge is 0.330 e. The Morgan fingerprint density at radius 3 is 2.62 bits per heavy atom. The number of carbonyl (C=O) groups excluding carboxylic acids is 1. The summed E-state index contributed by atoms with van der Waals surface area (Å²) < 4.78 is 2.13. The van der Waals surface area contributed by atoms with Gasteiger partial charge in [0, 0.05) is 23.6 Å². The number of piperidine rings is 1. The van der Waals surface area contributed by atoms with Crippen LogP contribution in [0.1, 0.15) is 29.0 Å². The molecule has 0 radical (unpaired) electrons. The Bertz CT molecular complexity index is 927. The number of likely N-dealkylation sites (tertiary alicyclic amines) is 1. The third-order valence-electron chi connectivity index (χ3n) is 5.32. The van der Waals surface area contributed by atoms with E-state index in [9.17, 15) is 4.79 Å². The molecule has 2 aromatic carbocycles. The van der Waals surface area contributed by atoms with Crippen molar-refractivity contribution in [1.82, 2.24) is 14.5 Å². The van der Waals surface area contributed by atoms with Gasteiger partial charge in [-0.3, -0.25) is 9.69 Å². The summed E-state index contributed by atoms with van der Waals surface area (Å²) in [5.41, 5.74) is 2.86. The van der Waals surface area contributed by atoms with Crippen molar-refractivity contribution in [3.05, 3.63) is 64.9 Å². The maximum atomic E-state index is 12.6. The highest BCUT2D eigenvalue weighted by Gasteiger charge is 2.26. The first kappa shape index (κ1) is 17.3. The van der Waals surface area contributed by atoms with E-state index in [2.05, 4.69) is 9.47 Å². The predicted octanol–water partition coefficient (Wildman–Crippen LogP) is 4.32. The zero-order valence-corrected chi connectivity index (χ0v) is 15.6. The highest BCUT2D eigenvalue weighted by molar-refractivity contribution is 6.31. The summed E-state index contributed by atoms with van der Waals surface area (Å²) in [6.45, 7) is 2.65. The van der Waals surface area contributed by atoms with Crippen LogP contribution in [0.4, 0.5) is 0 Å². The Morgan fingerprint density at radius 2 is 1.88 bits per heavy atom. The van der Waals surface area contributed by atoms with Gasteiger partial charge in [0.15, 0.2) is 5.78 Å². The molecule has 1 saturated heterocycles. The normalized spacial score (nSPS) is 16.2. The van der Waals surface area contributed by atoms with Crippen molar-refractivity contribution < 1.29 is 4.79 Å². The number of ketones is 1. The molecule has 0 atom stereocenters. The fraction of sp³-hybridized carbons (Fsp3) is 0.333. The standard InChI is InChI=1S/C21H22ClN3O/c1-24-19-8-7-17(22)13-18(19)23-20(24)14-25-11-9-16(10-12-25)21(26)15-5-3-2-4-6-15/h2-8,13,16H,9-12,14H2,1H3. The van der Waals surface area contributed by atoms with E-state index in [4.69, 9.17) is 16.6 Å². The summed E-state index contributed by atoms with van der Waals surface area (Å²) in [6, 6.07) is 15.5. The lowest BCUT2D eigenvalue weighted by molar-refractivity contribution is 0.0832. The van der Waals surface area contributed by atoms with Crippen molar-refractivity contribution in [2.24, 2.45) is 13.0 Å². The van der Waals surface area contributed by atoms with Crippen LogP contribution in [-0.2, 0) is 13.6 Å². The topological polar surface area (TPSA) is 38.1 Å². The summed E-state index contributed by atoms with van der Waals surface area (Å²) >= 11 is 6.08. The Hall–Kier alpha value is -2.17. The van der Waals surface area contributed by atoms with Gasteiger partial charge in [0.05, 0.1) is 17.6 Å². The molecule has 0 unspecified atom stereocenters. The van der Waals surface area contributed by atoms with Gasteiger partial charge in [0.25, 0.3) is 0 Å². The number of rotatable bonds is 4. The van der Waals surface area contributed by atoms with E-state index < -0.39 is 0 Å². The van der Waals surface area contributed by atoms with Crippen LogP contribution in [0.3, 0.4) is 0 Å². The number of nitrogens with zero attached hydrogens (tertiary/aromatic N) is 3. The molecular formula is C21H22ClN3O. The molecule has 5 heteroatoms. The van der Waals surface area contributed by atoms with Crippen LogP contribution < -0.4 is 0 Å². The second kappa shape index (κ2) is 7.22. The van der Waals surface area contributed by atoms with Gasteiger partial charge in [-0.25, -0.2) is 4.98 Å². The lowest BCUT2D eigenvalue weighted by Gasteiger charge is -2.31.